The summed E-state index contributed by atoms with van der Waals surface area (Å²) in [6, 6.07) is 11.0. The number of benzene rings is 1. The average Bonchev–Trinajstić information content (AvgIpc) is 3.33. The van der Waals surface area contributed by atoms with E-state index >= 15 is 0 Å². The highest BCUT2D eigenvalue weighted by molar-refractivity contribution is 5.91. The van der Waals surface area contributed by atoms with E-state index in [0.29, 0.717) is 24.4 Å². The summed E-state index contributed by atoms with van der Waals surface area (Å²) in [6.45, 7) is 11.7. The molecule has 0 saturated heterocycles. The van der Waals surface area contributed by atoms with Crippen molar-refractivity contribution >= 4 is 11.8 Å². The lowest BCUT2D eigenvalue weighted by Crippen LogP contribution is -2.34. The van der Waals surface area contributed by atoms with E-state index in [0.717, 1.165) is 25.1 Å². The molecular weight excluding hydrogens is 338 g/mol. The molecule has 0 aliphatic heterocycles. The van der Waals surface area contributed by atoms with Gasteiger partial charge in [0, 0.05) is 24.1 Å². The number of carbonyl (C=O) groups is 1. The third-order valence-electron chi connectivity index (χ3n) is 4.98. The van der Waals surface area contributed by atoms with Gasteiger partial charge < -0.3 is 4.52 Å². The highest BCUT2D eigenvalue weighted by Gasteiger charge is 2.30. The van der Waals surface area contributed by atoms with Crippen LogP contribution in [0.4, 0.5) is 5.88 Å². The number of nitrogens with zero attached hydrogens (tertiary/aromatic N) is 2. The molecule has 1 aromatic carbocycles. The van der Waals surface area contributed by atoms with Crippen LogP contribution in [0.15, 0.2) is 34.9 Å². The molecule has 0 radical (unpaired) electrons. The molecular formula is C22H31N3O2. The standard InChI is InChI=1S/C22H31N3O2/c1-15(2)17-8-6-16(7-9-17)13-25(18-10-11-18)14-20(26)23-21-12-19(24-27-21)22(3,4)5/h6-9,12,15,18H,10-11,13-14H2,1-5H3,(H,23,26). The van der Waals surface area contributed by atoms with Gasteiger partial charge in [-0.2, -0.15) is 0 Å². The molecule has 0 atom stereocenters. The molecule has 1 saturated carbocycles. The van der Waals surface area contributed by atoms with Crippen LogP contribution in [0, 0.1) is 0 Å². The first-order valence-electron chi connectivity index (χ1n) is 9.82. The third kappa shape index (κ3) is 5.42. The van der Waals surface area contributed by atoms with Crippen LogP contribution in [0.5, 0.6) is 0 Å². The van der Waals surface area contributed by atoms with Gasteiger partial charge in [0.25, 0.3) is 0 Å². The van der Waals surface area contributed by atoms with Crippen molar-refractivity contribution in [3.05, 3.63) is 47.2 Å². The second kappa shape index (κ2) is 7.85. The number of hydrogen-bond acceptors (Lipinski definition) is 4. The lowest BCUT2D eigenvalue weighted by atomic mass is 9.92. The zero-order valence-corrected chi connectivity index (χ0v) is 17.1. The van der Waals surface area contributed by atoms with Crippen LogP contribution in [-0.4, -0.2) is 28.6 Å². The van der Waals surface area contributed by atoms with Gasteiger partial charge in [-0.25, -0.2) is 0 Å². The molecule has 1 aliphatic rings. The van der Waals surface area contributed by atoms with E-state index in [1.807, 2.05) is 6.07 Å². The lowest BCUT2D eigenvalue weighted by Gasteiger charge is -2.21. The number of nitrogens with one attached hydrogen (secondary N) is 1. The normalized spacial score (nSPS) is 14.8. The van der Waals surface area contributed by atoms with Gasteiger partial charge in [0.2, 0.25) is 11.8 Å². The molecule has 3 rings (SSSR count). The third-order valence-corrected chi connectivity index (χ3v) is 4.98. The molecule has 5 nitrogen and oxygen atoms in total. The van der Waals surface area contributed by atoms with Crippen LogP contribution in [-0.2, 0) is 16.8 Å². The summed E-state index contributed by atoms with van der Waals surface area (Å²) >= 11 is 0. The number of anilines is 1. The van der Waals surface area contributed by atoms with E-state index in [9.17, 15) is 4.79 Å². The number of aromatic nitrogens is 1. The Bertz CT molecular complexity index is 768. The van der Waals surface area contributed by atoms with Gasteiger partial charge in [-0.3, -0.25) is 15.0 Å². The zero-order valence-electron chi connectivity index (χ0n) is 17.1. The van der Waals surface area contributed by atoms with Gasteiger partial charge in [-0.1, -0.05) is 64.0 Å². The first-order chi connectivity index (χ1) is 12.7. The lowest BCUT2D eigenvalue weighted by molar-refractivity contribution is -0.117. The summed E-state index contributed by atoms with van der Waals surface area (Å²) in [5, 5.41) is 6.90. The van der Waals surface area contributed by atoms with E-state index in [2.05, 4.69) is 74.3 Å². The van der Waals surface area contributed by atoms with E-state index in [1.54, 1.807) is 0 Å². The molecule has 0 bridgehead atoms. The number of amides is 1. The first kappa shape index (κ1) is 19.6. The maximum absolute atomic E-state index is 12.5. The molecule has 1 N–H and O–H groups in total. The highest BCUT2D eigenvalue weighted by Crippen LogP contribution is 2.29. The molecule has 1 amide bonds. The number of rotatable bonds is 7. The van der Waals surface area contributed by atoms with E-state index in [-0.39, 0.29) is 11.3 Å². The second-order valence-electron chi connectivity index (χ2n) is 8.91. The summed E-state index contributed by atoms with van der Waals surface area (Å²) in [7, 11) is 0. The van der Waals surface area contributed by atoms with Crippen molar-refractivity contribution in [3.8, 4) is 0 Å². The topological polar surface area (TPSA) is 58.4 Å². The van der Waals surface area contributed by atoms with Crippen LogP contribution in [0.3, 0.4) is 0 Å². The maximum atomic E-state index is 12.5. The average molecular weight is 370 g/mol. The fourth-order valence-corrected chi connectivity index (χ4v) is 3.05. The zero-order chi connectivity index (χ0) is 19.6. The van der Waals surface area contributed by atoms with E-state index in [4.69, 9.17) is 4.52 Å². The van der Waals surface area contributed by atoms with Crippen molar-refractivity contribution in [2.45, 2.75) is 71.4 Å². The Hall–Kier alpha value is -2.14. The van der Waals surface area contributed by atoms with Crippen molar-refractivity contribution in [3.63, 3.8) is 0 Å². The molecule has 5 heteroatoms. The Kier molecular flexibility index (Phi) is 5.70. The summed E-state index contributed by atoms with van der Waals surface area (Å²) in [4.78, 5) is 14.8. The van der Waals surface area contributed by atoms with Crippen LogP contribution in [0.1, 0.15) is 70.2 Å². The quantitative estimate of drug-likeness (QED) is 0.769. The molecule has 2 aromatic rings. The summed E-state index contributed by atoms with van der Waals surface area (Å²) in [5.41, 5.74) is 3.32. The molecule has 0 unspecified atom stereocenters. The van der Waals surface area contributed by atoms with Crippen molar-refractivity contribution in [2.75, 3.05) is 11.9 Å². The van der Waals surface area contributed by atoms with Crippen LogP contribution < -0.4 is 5.32 Å². The van der Waals surface area contributed by atoms with Crippen molar-refractivity contribution < 1.29 is 9.32 Å². The molecule has 0 spiro atoms. The summed E-state index contributed by atoms with van der Waals surface area (Å²) in [5.74, 6) is 0.892. The summed E-state index contributed by atoms with van der Waals surface area (Å²) < 4.78 is 5.27. The highest BCUT2D eigenvalue weighted by atomic mass is 16.5. The molecule has 146 valence electrons. The Morgan fingerprint density at radius 2 is 1.93 bits per heavy atom. The molecule has 27 heavy (non-hydrogen) atoms. The largest absolute Gasteiger partial charge is 0.338 e. The van der Waals surface area contributed by atoms with Gasteiger partial charge in [-0.05, 0) is 29.9 Å². The van der Waals surface area contributed by atoms with Gasteiger partial charge in [-0.15, -0.1) is 0 Å². The predicted molar refractivity (Wildman–Crippen MR) is 108 cm³/mol. The van der Waals surface area contributed by atoms with Crippen molar-refractivity contribution in [1.82, 2.24) is 10.1 Å². The van der Waals surface area contributed by atoms with E-state index < -0.39 is 0 Å². The number of carbonyl (C=O) groups excluding carboxylic acids is 1. The molecule has 1 heterocycles. The Morgan fingerprint density at radius 1 is 1.26 bits per heavy atom. The van der Waals surface area contributed by atoms with Crippen molar-refractivity contribution in [1.29, 1.82) is 0 Å². The summed E-state index contributed by atoms with van der Waals surface area (Å²) in [6.07, 6.45) is 2.32. The Balaban J connectivity index is 1.59. The van der Waals surface area contributed by atoms with Gasteiger partial charge in [0.1, 0.15) is 0 Å². The van der Waals surface area contributed by atoms with E-state index in [1.165, 1.54) is 11.1 Å². The van der Waals surface area contributed by atoms with Crippen LogP contribution >= 0.6 is 0 Å². The van der Waals surface area contributed by atoms with Crippen LogP contribution in [0.25, 0.3) is 0 Å². The predicted octanol–water partition coefficient (Wildman–Crippen LogP) is 4.70. The molecule has 1 fully saturated rings. The monoisotopic (exact) mass is 369 g/mol. The Morgan fingerprint density at radius 3 is 2.44 bits per heavy atom. The fourth-order valence-electron chi connectivity index (χ4n) is 3.05. The van der Waals surface area contributed by atoms with Crippen molar-refractivity contribution in [2.24, 2.45) is 0 Å². The number of hydrogen-bond donors (Lipinski definition) is 1. The minimum atomic E-state index is -0.103. The fraction of sp³-hybridized carbons (Fsp3) is 0.545. The minimum absolute atomic E-state index is 0.0580. The smallest absolute Gasteiger partial charge is 0.240 e. The molecule has 1 aromatic heterocycles. The van der Waals surface area contributed by atoms with Crippen LogP contribution in [0.2, 0.25) is 0 Å². The first-order valence-corrected chi connectivity index (χ1v) is 9.82. The SMILES string of the molecule is CC(C)c1ccc(CN(CC(=O)Nc2cc(C(C)(C)C)no2)C2CC2)cc1. The Labute approximate surface area is 162 Å². The molecule has 1 aliphatic carbocycles. The van der Waals surface area contributed by atoms with Gasteiger partial charge >= 0.3 is 0 Å². The second-order valence-corrected chi connectivity index (χ2v) is 8.91. The minimum Gasteiger partial charge on any atom is -0.338 e. The van der Waals surface area contributed by atoms with Gasteiger partial charge in [0.05, 0.1) is 12.2 Å². The maximum Gasteiger partial charge on any atom is 0.240 e. The van der Waals surface area contributed by atoms with Gasteiger partial charge in [0.15, 0.2) is 0 Å².